The number of hydrogen-bond acceptors (Lipinski definition) is 16. The van der Waals surface area contributed by atoms with Crippen LogP contribution in [0, 0.1) is 0 Å². The molecule has 6 heterocycles. The summed E-state index contributed by atoms with van der Waals surface area (Å²) in [6.45, 7) is 0. The van der Waals surface area contributed by atoms with Gasteiger partial charge < -0.3 is 9.11 Å². The van der Waals surface area contributed by atoms with Crippen molar-refractivity contribution in [1.29, 1.82) is 0 Å². The molecule has 15 aromatic rings. The Kier molecular flexibility index (Phi) is 21.7. The molecule has 0 bridgehead atoms. The number of aromatic nitrogens is 6. The molecule has 0 saturated carbocycles. The first-order valence-electron chi connectivity index (χ1n) is 28.6. The first kappa shape index (κ1) is 71.5. The second-order valence-electron chi connectivity index (χ2n) is 21.4. The van der Waals surface area contributed by atoms with E-state index in [1.165, 1.54) is 70.8 Å². The van der Waals surface area contributed by atoms with Crippen LogP contribution in [0.2, 0.25) is 0 Å². The molecule has 15 rings (SSSR count). The van der Waals surface area contributed by atoms with Gasteiger partial charge in [-0.1, -0.05) is 146 Å². The Morgan fingerprint density at radius 1 is 0.237 bits per heavy atom. The summed E-state index contributed by atoms with van der Waals surface area (Å²) in [5, 5.41) is 5.44. The Balaban J connectivity index is 0.000000157. The van der Waals surface area contributed by atoms with Gasteiger partial charge in [0.05, 0.1) is 52.7 Å². The van der Waals surface area contributed by atoms with E-state index in [2.05, 4.69) is 103 Å². The van der Waals surface area contributed by atoms with E-state index in [1.54, 1.807) is 85.5 Å². The van der Waals surface area contributed by atoms with Crippen LogP contribution in [0.15, 0.2) is 287 Å². The molecule has 18 nitrogen and oxygen atoms in total. The first-order valence-corrected chi connectivity index (χ1v) is 34.3. The van der Waals surface area contributed by atoms with Crippen molar-refractivity contribution >= 4 is 106 Å². The van der Waals surface area contributed by atoms with Gasteiger partial charge in [0.2, 0.25) is 0 Å². The zero-order chi connectivity index (χ0) is 65.5. The minimum atomic E-state index is -4.54. The second kappa shape index (κ2) is 29.4. The summed E-state index contributed by atoms with van der Waals surface area (Å²) in [7, 11) is -17.6. The predicted octanol–water partition coefficient (Wildman–Crippen LogP) is 8.66. The number of nitrogens with zero attached hydrogens (tertiary/aromatic N) is 6. The number of fused-ring (bicyclic) bond motifs is 9. The SMILES string of the molecule is O=S(=O)(O)c1ccc(-c2ccnc3c2ccc2c(-c4ccc(S(=O)(=O)O)cc4)ccnc23)cc1.O=S(=O)([O-])c1ccc(-c2ccnc3c2ccc2c(-c4ccc(S(=O)(=O)[O-])cc4)ccnc23)cc1.[Na+].[Na+].[Ru].c1ccc(-c2ccnc3c2ccc2c(-c4ccccc4)ccnc23)cc1. The van der Waals surface area contributed by atoms with E-state index in [4.69, 9.17) is 0 Å². The summed E-state index contributed by atoms with van der Waals surface area (Å²) in [4.78, 5) is 26.4. The molecule has 0 aliphatic heterocycles. The van der Waals surface area contributed by atoms with Crippen LogP contribution in [0.5, 0.6) is 0 Å². The minimum Gasteiger partial charge on any atom is -0.744 e. The quantitative estimate of drug-likeness (QED) is 0.0735. The molecule has 0 atom stereocenters. The van der Waals surface area contributed by atoms with Gasteiger partial charge in [-0.05, 0) is 152 Å². The molecule has 0 amide bonds. The van der Waals surface area contributed by atoms with Crippen molar-refractivity contribution in [2.45, 2.75) is 19.6 Å². The van der Waals surface area contributed by atoms with Crippen LogP contribution >= 0.6 is 0 Å². The monoisotopic (exact) mass is 1460 g/mol. The molecule has 0 unspecified atom stereocenters. The minimum absolute atomic E-state index is 0. The Labute approximate surface area is 614 Å². The van der Waals surface area contributed by atoms with Gasteiger partial charge in [-0.25, -0.2) is 16.8 Å². The van der Waals surface area contributed by atoms with Gasteiger partial charge in [0.15, 0.2) is 0 Å². The molecule has 6 aromatic heterocycles. The normalized spacial score (nSPS) is 11.6. The molecule has 25 heteroatoms. The number of hydrogen-bond donors (Lipinski definition) is 2. The Morgan fingerprint density at radius 2 is 0.412 bits per heavy atom. The number of rotatable bonds is 10. The van der Waals surface area contributed by atoms with Crippen LogP contribution in [0.3, 0.4) is 0 Å². The summed E-state index contributed by atoms with van der Waals surface area (Å²) in [5.41, 5.74) is 15.3. The summed E-state index contributed by atoms with van der Waals surface area (Å²) >= 11 is 0. The molecule has 0 aliphatic carbocycles. The molecule has 0 saturated heterocycles. The van der Waals surface area contributed by atoms with Crippen molar-refractivity contribution in [3.8, 4) is 66.8 Å². The molecule has 0 spiro atoms. The van der Waals surface area contributed by atoms with Crippen molar-refractivity contribution in [1.82, 2.24) is 29.9 Å². The third-order valence-corrected chi connectivity index (χ3v) is 19.3. The summed E-state index contributed by atoms with van der Waals surface area (Å²) in [6.07, 6.45) is 10.3. The fourth-order valence-corrected chi connectivity index (χ4v) is 13.3. The molecular formula is C72H46N6Na2O12RuS4. The van der Waals surface area contributed by atoms with Gasteiger partial charge in [0.1, 0.15) is 20.2 Å². The van der Waals surface area contributed by atoms with Crippen LogP contribution in [0.1, 0.15) is 0 Å². The Hall–Kier alpha value is -8.30. The molecule has 97 heavy (non-hydrogen) atoms. The van der Waals surface area contributed by atoms with Crippen LogP contribution in [-0.4, -0.2) is 81.8 Å². The van der Waals surface area contributed by atoms with E-state index >= 15 is 0 Å². The maximum absolute atomic E-state index is 11.4. The number of benzene rings is 9. The van der Waals surface area contributed by atoms with Gasteiger partial charge in [0, 0.05) is 89.0 Å². The average Bonchev–Trinajstić information content (AvgIpc) is 0.769. The Morgan fingerprint density at radius 3 is 0.588 bits per heavy atom. The molecule has 9 aromatic carbocycles. The van der Waals surface area contributed by atoms with Crippen molar-refractivity contribution in [2.24, 2.45) is 0 Å². The third kappa shape index (κ3) is 15.1. The van der Waals surface area contributed by atoms with Crippen molar-refractivity contribution < 1.29 is 130 Å². The number of pyridine rings is 6. The van der Waals surface area contributed by atoms with E-state index in [1.807, 2.05) is 60.9 Å². The van der Waals surface area contributed by atoms with Crippen molar-refractivity contribution in [3.05, 3.63) is 268 Å². The molecular weight excluding hydrogens is 1420 g/mol. The van der Waals surface area contributed by atoms with Crippen LogP contribution in [0.4, 0.5) is 0 Å². The largest absolute Gasteiger partial charge is 1.00 e. The van der Waals surface area contributed by atoms with Crippen LogP contribution < -0.4 is 59.1 Å². The van der Waals surface area contributed by atoms with E-state index in [9.17, 15) is 51.9 Å². The smallest absolute Gasteiger partial charge is 0.744 e. The first-order chi connectivity index (χ1) is 45.2. The van der Waals surface area contributed by atoms with E-state index in [0.29, 0.717) is 33.2 Å². The topological polar surface area (TPSA) is 300 Å². The maximum Gasteiger partial charge on any atom is 1.00 e. The second-order valence-corrected chi connectivity index (χ2v) is 27.0. The van der Waals surface area contributed by atoms with E-state index < -0.39 is 40.5 Å². The van der Waals surface area contributed by atoms with Crippen LogP contribution in [0.25, 0.3) is 132 Å². The summed E-state index contributed by atoms with van der Waals surface area (Å²) < 4.78 is 131. The summed E-state index contributed by atoms with van der Waals surface area (Å²) in [6, 6.07) is 67.3. The molecule has 0 aliphatic rings. The van der Waals surface area contributed by atoms with Gasteiger partial charge in [-0.3, -0.25) is 39.0 Å². The van der Waals surface area contributed by atoms with Gasteiger partial charge in [-0.15, -0.1) is 0 Å². The van der Waals surface area contributed by atoms with Crippen molar-refractivity contribution in [3.63, 3.8) is 0 Å². The van der Waals surface area contributed by atoms with E-state index in [0.717, 1.165) is 76.7 Å². The van der Waals surface area contributed by atoms with Gasteiger partial charge in [-0.2, -0.15) is 16.8 Å². The van der Waals surface area contributed by atoms with Gasteiger partial charge in [0.25, 0.3) is 20.2 Å². The Bertz CT molecular complexity index is 5330. The third-order valence-electron chi connectivity index (χ3n) is 15.9. The molecule has 0 radical (unpaired) electrons. The standard InChI is InChI=1S/2C24H16N2O6S2.C24H16N2.2Na.Ru/c2*27-33(28,29)17-5-1-15(2-6-17)19-11-13-25-23-21(19)9-10-22-20(12-14-26-24(22)23)16-3-7-18(8-4-16)34(30,31)32;1-3-7-17(8-4-1)19-13-15-25-23-21(19)11-12-22-20(14-16-26-24(22)23)18-9-5-2-6-10-18;;;/h2*1-14H,(H,27,28,29)(H,30,31,32);1-16H;;;/q;;;2*+1;/p-2. The van der Waals surface area contributed by atoms with E-state index in [-0.39, 0.29) is 98.2 Å². The fourth-order valence-electron chi connectivity index (χ4n) is 11.4. The molecule has 2 N–H and O–H groups in total. The molecule has 470 valence electrons. The molecule has 0 fully saturated rings. The fraction of sp³-hybridized carbons (Fsp3) is 0. The maximum atomic E-state index is 11.4. The van der Waals surface area contributed by atoms with Crippen LogP contribution in [-0.2, 0) is 60.0 Å². The zero-order valence-electron chi connectivity index (χ0n) is 51.1. The summed E-state index contributed by atoms with van der Waals surface area (Å²) in [5.74, 6) is 0. The predicted molar refractivity (Wildman–Crippen MR) is 359 cm³/mol. The van der Waals surface area contributed by atoms with Crippen molar-refractivity contribution in [2.75, 3.05) is 0 Å². The zero-order valence-corrected chi connectivity index (χ0v) is 60.1. The average molecular weight is 1460 g/mol. The van der Waals surface area contributed by atoms with Gasteiger partial charge >= 0.3 is 59.1 Å².